The Morgan fingerprint density at radius 3 is 2.75 bits per heavy atom. The van der Waals surface area contributed by atoms with Crippen LogP contribution in [0.15, 0.2) is 42.6 Å². The molecule has 0 unspecified atom stereocenters. The van der Waals surface area contributed by atoms with Gasteiger partial charge in [0.25, 0.3) is 0 Å². The standard InChI is InChI=1S/C14H20N2/c1-2-3-10-15-11-7-12-16(13-15)14-8-5-4-6-9-14/h4-9,11H,2-3,10,12-13H2,1H3. The Hall–Kier alpha value is -1.44. The number of rotatable bonds is 4. The summed E-state index contributed by atoms with van der Waals surface area (Å²) in [6, 6.07) is 10.6. The fourth-order valence-corrected chi connectivity index (χ4v) is 1.98. The van der Waals surface area contributed by atoms with Crippen LogP contribution in [0.3, 0.4) is 0 Å². The molecular formula is C14H20N2. The number of para-hydroxylation sites is 1. The molecule has 0 spiro atoms. The van der Waals surface area contributed by atoms with Crippen LogP contribution in [0.4, 0.5) is 5.69 Å². The van der Waals surface area contributed by atoms with Crippen LogP contribution in [0.25, 0.3) is 0 Å². The van der Waals surface area contributed by atoms with Crippen molar-refractivity contribution in [1.82, 2.24) is 4.90 Å². The topological polar surface area (TPSA) is 6.48 Å². The van der Waals surface area contributed by atoms with E-state index in [-0.39, 0.29) is 0 Å². The van der Waals surface area contributed by atoms with Crippen molar-refractivity contribution in [2.24, 2.45) is 0 Å². The number of anilines is 1. The molecule has 1 aliphatic heterocycles. The van der Waals surface area contributed by atoms with E-state index in [2.05, 4.69) is 59.3 Å². The Balaban J connectivity index is 1.96. The SMILES string of the molecule is CCCCN1C=CCN(c2ccccc2)C1. The lowest BCUT2D eigenvalue weighted by molar-refractivity contribution is 0.355. The molecular weight excluding hydrogens is 196 g/mol. The third kappa shape index (κ3) is 2.78. The molecule has 0 N–H and O–H groups in total. The molecule has 16 heavy (non-hydrogen) atoms. The first kappa shape index (κ1) is 11.1. The molecule has 2 heteroatoms. The molecule has 1 aromatic rings. The van der Waals surface area contributed by atoms with Crippen molar-refractivity contribution in [1.29, 1.82) is 0 Å². The van der Waals surface area contributed by atoms with E-state index >= 15 is 0 Å². The van der Waals surface area contributed by atoms with Crippen molar-refractivity contribution in [3.63, 3.8) is 0 Å². The van der Waals surface area contributed by atoms with Gasteiger partial charge in [-0.25, -0.2) is 0 Å². The zero-order valence-corrected chi connectivity index (χ0v) is 9.97. The van der Waals surface area contributed by atoms with Crippen molar-refractivity contribution in [2.75, 3.05) is 24.7 Å². The minimum absolute atomic E-state index is 1.01. The van der Waals surface area contributed by atoms with Gasteiger partial charge in [-0.3, -0.25) is 0 Å². The second-order valence-corrected chi connectivity index (χ2v) is 4.25. The fraction of sp³-hybridized carbons (Fsp3) is 0.429. The predicted molar refractivity (Wildman–Crippen MR) is 69.4 cm³/mol. The lowest BCUT2D eigenvalue weighted by Crippen LogP contribution is -2.39. The van der Waals surface area contributed by atoms with Gasteiger partial charge in [0.05, 0.1) is 6.67 Å². The van der Waals surface area contributed by atoms with Gasteiger partial charge in [0.2, 0.25) is 0 Å². The van der Waals surface area contributed by atoms with E-state index in [1.807, 2.05) is 0 Å². The summed E-state index contributed by atoms with van der Waals surface area (Å²) in [5.41, 5.74) is 1.31. The highest BCUT2D eigenvalue weighted by molar-refractivity contribution is 5.47. The Morgan fingerprint density at radius 1 is 1.19 bits per heavy atom. The normalized spacial score (nSPS) is 15.6. The van der Waals surface area contributed by atoms with Gasteiger partial charge in [-0.15, -0.1) is 0 Å². The summed E-state index contributed by atoms with van der Waals surface area (Å²) in [4.78, 5) is 4.79. The van der Waals surface area contributed by atoms with E-state index in [1.165, 1.54) is 18.5 Å². The lowest BCUT2D eigenvalue weighted by atomic mass is 10.2. The number of hydrogen-bond donors (Lipinski definition) is 0. The van der Waals surface area contributed by atoms with Crippen LogP contribution in [-0.4, -0.2) is 24.7 Å². The van der Waals surface area contributed by atoms with Crippen LogP contribution in [0, 0.1) is 0 Å². The van der Waals surface area contributed by atoms with E-state index < -0.39 is 0 Å². The van der Waals surface area contributed by atoms with Crippen LogP contribution >= 0.6 is 0 Å². The van der Waals surface area contributed by atoms with Crippen molar-refractivity contribution < 1.29 is 0 Å². The molecule has 0 bridgehead atoms. The van der Waals surface area contributed by atoms with Gasteiger partial charge in [0.1, 0.15) is 0 Å². The molecule has 0 radical (unpaired) electrons. The van der Waals surface area contributed by atoms with Crippen LogP contribution in [0.1, 0.15) is 19.8 Å². The summed E-state index contributed by atoms with van der Waals surface area (Å²) in [5, 5.41) is 0. The van der Waals surface area contributed by atoms with E-state index in [1.54, 1.807) is 0 Å². The zero-order chi connectivity index (χ0) is 11.2. The second-order valence-electron chi connectivity index (χ2n) is 4.25. The summed E-state index contributed by atoms with van der Waals surface area (Å²) in [6.45, 7) is 5.44. The molecule has 1 aromatic carbocycles. The van der Waals surface area contributed by atoms with Gasteiger partial charge in [0.15, 0.2) is 0 Å². The number of benzene rings is 1. The summed E-state index contributed by atoms with van der Waals surface area (Å²) in [5.74, 6) is 0. The zero-order valence-electron chi connectivity index (χ0n) is 9.97. The molecule has 2 rings (SSSR count). The van der Waals surface area contributed by atoms with E-state index in [4.69, 9.17) is 0 Å². The Labute approximate surface area is 98.2 Å². The Bertz CT molecular complexity index is 332. The maximum absolute atomic E-state index is 2.40. The van der Waals surface area contributed by atoms with E-state index in [0.717, 1.165) is 19.8 Å². The van der Waals surface area contributed by atoms with Crippen molar-refractivity contribution >= 4 is 5.69 Å². The van der Waals surface area contributed by atoms with Gasteiger partial charge < -0.3 is 9.80 Å². The summed E-state index contributed by atoms with van der Waals surface area (Å²) in [6.07, 6.45) is 7.00. The fourth-order valence-electron chi connectivity index (χ4n) is 1.98. The van der Waals surface area contributed by atoms with Crippen molar-refractivity contribution in [3.05, 3.63) is 42.6 Å². The highest BCUT2D eigenvalue weighted by Crippen LogP contribution is 2.16. The van der Waals surface area contributed by atoms with Gasteiger partial charge >= 0.3 is 0 Å². The second kappa shape index (κ2) is 5.59. The number of nitrogens with zero attached hydrogens (tertiary/aromatic N) is 2. The number of hydrogen-bond acceptors (Lipinski definition) is 2. The molecule has 1 aliphatic rings. The van der Waals surface area contributed by atoms with Gasteiger partial charge in [-0.1, -0.05) is 31.5 Å². The lowest BCUT2D eigenvalue weighted by Gasteiger charge is -2.34. The van der Waals surface area contributed by atoms with Crippen LogP contribution in [0.2, 0.25) is 0 Å². The third-order valence-electron chi connectivity index (χ3n) is 2.91. The quantitative estimate of drug-likeness (QED) is 0.763. The third-order valence-corrected chi connectivity index (χ3v) is 2.91. The van der Waals surface area contributed by atoms with Gasteiger partial charge in [-0.2, -0.15) is 0 Å². The predicted octanol–water partition coefficient (Wildman–Crippen LogP) is 3.08. The molecule has 0 amide bonds. The van der Waals surface area contributed by atoms with Crippen LogP contribution < -0.4 is 4.90 Å². The summed E-state index contributed by atoms with van der Waals surface area (Å²) in [7, 11) is 0. The summed E-state index contributed by atoms with van der Waals surface area (Å²) >= 11 is 0. The summed E-state index contributed by atoms with van der Waals surface area (Å²) < 4.78 is 0. The van der Waals surface area contributed by atoms with Crippen molar-refractivity contribution in [2.45, 2.75) is 19.8 Å². The Kier molecular flexibility index (Phi) is 3.86. The average Bonchev–Trinajstić information content (AvgIpc) is 2.38. The molecule has 2 nitrogen and oxygen atoms in total. The minimum Gasteiger partial charge on any atom is -0.360 e. The largest absolute Gasteiger partial charge is 0.360 e. The average molecular weight is 216 g/mol. The maximum atomic E-state index is 2.40. The van der Waals surface area contributed by atoms with Crippen LogP contribution in [-0.2, 0) is 0 Å². The van der Waals surface area contributed by atoms with Crippen molar-refractivity contribution in [3.8, 4) is 0 Å². The minimum atomic E-state index is 1.01. The maximum Gasteiger partial charge on any atom is 0.0900 e. The molecule has 1 heterocycles. The van der Waals surface area contributed by atoms with E-state index in [9.17, 15) is 0 Å². The highest BCUT2D eigenvalue weighted by atomic mass is 15.3. The van der Waals surface area contributed by atoms with Gasteiger partial charge in [0, 0.05) is 18.8 Å². The molecule has 0 saturated heterocycles. The van der Waals surface area contributed by atoms with Gasteiger partial charge in [-0.05, 0) is 30.8 Å². The molecule has 0 aliphatic carbocycles. The monoisotopic (exact) mass is 216 g/mol. The molecule has 0 fully saturated rings. The van der Waals surface area contributed by atoms with E-state index in [0.29, 0.717) is 0 Å². The first-order valence-electron chi connectivity index (χ1n) is 6.11. The highest BCUT2D eigenvalue weighted by Gasteiger charge is 2.11. The van der Waals surface area contributed by atoms with Crippen LogP contribution in [0.5, 0.6) is 0 Å². The first-order valence-corrected chi connectivity index (χ1v) is 6.11. The number of unbranched alkanes of at least 4 members (excludes halogenated alkanes) is 1. The first-order chi connectivity index (χ1) is 7.90. The molecule has 86 valence electrons. The smallest absolute Gasteiger partial charge is 0.0900 e. The molecule has 0 saturated carbocycles. The molecule has 0 atom stereocenters. The Morgan fingerprint density at radius 2 is 2.00 bits per heavy atom. The molecule has 0 aromatic heterocycles.